The molecule has 0 radical (unpaired) electrons. The summed E-state index contributed by atoms with van der Waals surface area (Å²) in [6.07, 6.45) is 1.07. The number of hydrogen-bond acceptors (Lipinski definition) is 3. The molecule has 3 N–H and O–H groups in total. The molecule has 2 atom stereocenters. The van der Waals surface area contributed by atoms with Gasteiger partial charge in [0.05, 0.1) is 6.04 Å². The van der Waals surface area contributed by atoms with Gasteiger partial charge in [0.15, 0.2) is 0 Å². The molecule has 1 saturated heterocycles. The van der Waals surface area contributed by atoms with Gasteiger partial charge in [-0.2, -0.15) is 0 Å². The standard InChI is InChI=1S/C15H22ClN3O.ClH/c1-10-3-4-13(16)7-14(10)19-6-5-12(9-19)8-18-15(20)11(2)17;/h3-4,7,11-12H,5-6,8-9,17H2,1-2H3,(H,18,20);1H. The van der Waals surface area contributed by atoms with Crippen molar-refractivity contribution in [2.45, 2.75) is 26.3 Å². The fourth-order valence-electron chi connectivity index (χ4n) is 2.55. The molecule has 0 saturated carbocycles. The predicted molar refractivity (Wildman–Crippen MR) is 90.4 cm³/mol. The summed E-state index contributed by atoms with van der Waals surface area (Å²) >= 11 is 6.07. The van der Waals surface area contributed by atoms with Crippen LogP contribution in [0.5, 0.6) is 0 Å². The van der Waals surface area contributed by atoms with Crippen LogP contribution in [0.1, 0.15) is 18.9 Å². The van der Waals surface area contributed by atoms with Crippen LogP contribution in [0.3, 0.4) is 0 Å². The van der Waals surface area contributed by atoms with Gasteiger partial charge in [0.2, 0.25) is 5.91 Å². The highest BCUT2D eigenvalue weighted by Crippen LogP contribution is 2.29. The fourth-order valence-corrected chi connectivity index (χ4v) is 2.71. The maximum atomic E-state index is 11.5. The Morgan fingerprint density at radius 3 is 2.95 bits per heavy atom. The van der Waals surface area contributed by atoms with Gasteiger partial charge in [0, 0.05) is 30.3 Å². The van der Waals surface area contributed by atoms with E-state index in [0.29, 0.717) is 12.5 Å². The number of anilines is 1. The van der Waals surface area contributed by atoms with Gasteiger partial charge in [-0.15, -0.1) is 12.4 Å². The van der Waals surface area contributed by atoms with Crippen LogP contribution in [0.2, 0.25) is 5.02 Å². The highest BCUT2D eigenvalue weighted by molar-refractivity contribution is 6.30. The third kappa shape index (κ3) is 4.77. The second-order valence-electron chi connectivity index (χ2n) is 5.57. The zero-order valence-corrected chi connectivity index (χ0v) is 14.0. The molecule has 6 heteroatoms. The topological polar surface area (TPSA) is 58.4 Å². The maximum Gasteiger partial charge on any atom is 0.236 e. The number of nitrogens with zero attached hydrogens (tertiary/aromatic N) is 1. The van der Waals surface area contributed by atoms with E-state index in [1.807, 2.05) is 18.2 Å². The summed E-state index contributed by atoms with van der Waals surface area (Å²) in [6.45, 7) is 6.43. The van der Waals surface area contributed by atoms with Crippen LogP contribution < -0.4 is 16.0 Å². The molecule has 1 aromatic rings. The van der Waals surface area contributed by atoms with Crippen molar-refractivity contribution in [3.05, 3.63) is 28.8 Å². The van der Waals surface area contributed by atoms with E-state index in [1.165, 1.54) is 11.3 Å². The average Bonchev–Trinajstić information content (AvgIpc) is 2.87. The Balaban J connectivity index is 0.00000220. The number of benzene rings is 1. The van der Waals surface area contributed by atoms with Crippen molar-refractivity contribution < 1.29 is 4.79 Å². The summed E-state index contributed by atoms with van der Waals surface area (Å²) < 4.78 is 0. The van der Waals surface area contributed by atoms with Crippen molar-refractivity contribution in [3.8, 4) is 0 Å². The molecule has 0 aliphatic carbocycles. The summed E-state index contributed by atoms with van der Waals surface area (Å²) in [7, 11) is 0. The molecule has 4 nitrogen and oxygen atoms in total. The normalized spacial score (nSPS) is 19.0. The van der Waals surface area contributed by atoms with Crippen LogP contribution in [-0.2, 0) is 4.79 Å². The van der Waals surface area contributed by atoms with Crippen molar-refractivity contribution in [1.29, 1.82) is 0 Å². The number of nitrogens with two attached hydrogens (primary N) is 1. The van der Waals surface area contributed by atoms with Crippen molar-refractivity contribution in [2.24, 2.45) is 11.7 Å². The monoisotopic (exact) mass is 331 g/mol. The SMILES string of the molecule is Cc1ccc(Cl)cc1N1CCC(CNC(=O)C(C)N)C1.Cl. The zero-order valence-electron chi connectivity index (χ0n) is 12.4. The quantitative estimate of drug-likeness (QED) is 0.890. The van der Waals surface area contributed by atoms with Crippen molar-refractivity contribution in [1.82, 2.24) is 5.32 Å². The number of carbonyl (C=O) groups is 1. The van der Waals surface area contributed by atoms with E-state index in [1.54, 1.807) is 6.92 Å². The molecule has 0 spiro atoms. The molecule has 1 aliphatic heterocycles. The van der Waals surface area contributed by atoms with Crippen LogP contribution in [0.15, 0.2) is 18.2 Å². The zero-order chi connectivity index (χ0) is 14.7. The van der Waals surface area contributed by atoms with Crippen LogP contribution in [-0.4, -0.2) is 31.6 Å². The van der Waals surface area contributed by atoms with Gasteiger partial charge >= 0.3 is 0 Å². The van der Waals surface area contributed by atoms with E-state index < -0.39 is 6.04 Å². The average molecular weight is 332 g/mol. The predicted octanol–water partition coefficient (Wildman–Crippen LogP) is 2.36. The largest absolute Gasteiger partial charge is 0.371 e. The summed E-state index contributed by atoms with van der Waals surface area (Å²) in [4.78, 5) is 13.8. The first-order valence-corrected chi connectivity index (χ1v) is 7.39. The molecule has 1 fully saturated rings. The van der Waals surface area contributed by atoms with Gasteiger partial charge in [0.1, 0.15) is 0 Å². The minimum atomic E-state index is -0.442. The summed E-state index contributed by atoms with van der Waals surface area (Å²) in [5, 5.41) is 3.67. The Morgan fingerprint density at radius 1 is 1.57 bits per heavy atom. The first-order chi connectivity index (χ1) is 9.47. The number of nitrogens with one attached hydrogen (secondary N) is 1. The van der Waals surface area contributed by atoms with Gasteiger partial charge in [0.25, 0.3) is 0 Å². The Labute approximate surface area is 137 Å². The van der Waals surface area contributed by atoms with Crippen molar-refractivity contribution >= 4 is 35.6 Å². The lowest BCUT2D eigenvalue weighted by molar-refractivity contribution is -0.122. The van der Waals surface area contributed by atoms with Gasteiger partial charge in [-0.1, -0.05) is 17.7 Å². The minimum Gasteiger partial charge on any atom is -0.371 e. The maximum absolute atomic E-state index is 11.5. The van der Waals surface area contributed by atoms with Crippen LogP contribution in [0.25, 0.3) is 0 Å². The smallest absolute Gasteiger partial charge is 0.236 e. The Kier molecular flexibility index (Phi) is 6.78. The number of amides is 1. The van der Waals surface area contributed by atoms with E-state index in [4.69, 9.17) is 17.3 Å². The molecular formula is C15H23Cl2N3O. The fraction of sp³-hybridized carbons (Fsp3) is 0.533. The van der Waals surface area contributed by atoms with Gasteiger partial charge in [-0.3, -0.25) is 4.79 Å². The molecule has 0 aromatic heterocycles. The van der Waals surface area contributed by atoms with Crippen LogP contribution in [0, 0.1) is 12.8 Å². The first kappa shape index (κ1) is 18.1. The second kappa shape index (κ2) is 7.87. The Morgan fingerprint density at radius 2 is 2.29 bits per heavy atom. The molecular weight excluding hydrogens is 309 g/mol. The van der Waals surface area contributed by atoms with Crippen LogP contribution >= 0.6 is 24.0 Å². The lowest BCUT2D eigenvalue weighted by atomic mass is 10.1. The molecule has 1 aliphatic rings. The number of hydrogen-bond donors (Lipinski definition) is 2. The third-order valence-corrected chi connectivity index (χ3v) is 4.01. The van der Waals surface area contributed by atoms with E-state index in [9.17, 15) is 4.79 Å². The van der Waals surface area contributed by atoms with Gasteiger partial charge in [-0.05, 0) is 43.9 Å². The molecule has 21 heavy (non-hydrogen) atoms. The molecule has 0 bridgehead atoms. The Hall–Kier alpha value is -0.970. The van der Waals surface area contributed by atoms with Gasteiger partial charge < -0.3 is 16.0 Å². The van der Waals surface area contributed by atoms with Crippen molar-refractivity contribution in [2.75, 3.05) is 24.5 Å². The van der Waals surface area contributed by atoms with E-state index in [0.717, 1.165) is 24.5 Å². The highest BCUT2D eigenvalue weighted by atomic mass is 35.5. The molecule has 2 rings (SSSR count). The number of carbonyl (C=O) groups excluding carboxylic acids is 1. The van der Waals surface area contributed by atoms with E-state index in [-0.39, 0.29) is 18.3 Å². The van der Waals surface area contributed by atoms with Gasteiger partial charge in [-0.25, -0.2) is 0 Å². The van der Waals surface area contributed by atoms with E-state index >= 15 is 0 Å². The molecule has 118 valence electrons. The second-order valence-corrected chi connectivity index (χ2v) is 6.00. The molecule has 1 amide bonds. The van der Waals surface area contributed by atoms with Crippen molar-refractivity contribution in [3.63, 3.8) is 0 Å². The molecule has 1 aromatic carbocycles. The lowest BCUT2D eigenvalue weighted by Crippen LogP contribution is -2.40. The molecule has 1 heterocycles. The van der Waals surface area contributed by atoms with Crippen LogP contribution in [0.4, 0.5) is 5.69 Å². The minimum absolute atomic E-state index is 0. The number of rotatable bonds is 4. The third-order valence-electron chi connectivity index (χ3n) is 3.78. The Bertz CT molecular complexity index is 494. The first-order valence-electron chi connectivity index (χ1n) is 7.01. The number of aryl methyl sites for hydroxylation is 1. The molecule has 2 unspecified atom stereocenters. The number of halogens is 2. The summed E-state index contributed by atoms with van der Waals surface area (Å²) in [5.41, 5.74) is 7.96. The highest BCUT2D eigenvalue weighted by Gasteiger charge is 2.24. The van der Waals surface area contributed by atoms with E-state index in [2.05, 4.69) is 17.1 Å². The lowest BCUT2D eigenvalue weighted by Gasteiger charge is -2.21. The summed E-state index contributed by atoms with van der Waals surface area (Å²) in [6, 6.07) is 5.53. The summed E-state index contributed by atoms with van der Waals surface area (Å²) in [5.74, 6) is 0.387.